The van der Waals surface area contributed by atoms with Crippen LogP contribution in [0.3, 0.4) is 0 Å². The Labute approximate surface area is 89.9 Å². The van der Waals surface area contributed by atoms with Gasteiger partial charge in [-0.3, -0.25) is 0 Å². The van der Waals surface area contributed by atoms with Gasteiger partial charge in [-0.15, -0.1) is 0 Å². The molecule has 15 heavy (non-hydrogen) atoms. The van der Waals surface area contributed by atoms with Crippen molar-refractivity contribution in [3.63, 3.8) is 0 Å². The second kappa shape index (κ2) is 5.30. The molecule has 0 aliphatic rings. The fourth-order valence-corrected chi connectivity index (χ4v) is 1.35. The fourth-order valence-electron chi connectivity index (χ4n) is 1.35. The molecule has 0 fully saturated rings. The van der Waals surface area contributed by atoms with E-state index >= 15 is 0 Å². The molecule has 0 radical (unpaired) electrons. The Balaban J connectivity index is 2.54. The van der Waals surface area contributed by atoms with Crippen LogP contribution in [-0.2, 0) is 0 Å². The van der Waals surface area contributed by atoms with Crippen LogP contribution in [0.15, 0.2) is 12.4 Å². The molecule has 0 bridgehead atoms. The third-order valence-electron chi connectivity index (χ3n) is 1.87. The van der Waals surface area contributed by atoms with E-state index in [2.05, 4.69) is 23.8 Å². The SMILES string of the molecule is CC(C)CC(C)Oc1cnc(C#N)cn1. The van der Waals surface area contributed by atoms with Crippen molar-refractivity contribution in [2.24, 2.45) is 5.92 Å². The maximum absolute atomic E-state index is 8.54. The second-order valence-corrected chi connectivity index (χ2v) is 3.91. The van der Waals surface area contributed by atoms with Crippen LogP contribution in [0.1, 0.15) is 32.9 Å². The number of ether oxygens (including phenoxy) is 1. The normalized spacial score (nSPS) is 12.2. The lowest BCUT2D eigenvalue weighted by Crippen LogP contribution is -2.15. The summed E-state index contributed by atoms with van der Waals surface area (Å²) >= 11 is 0. The number of hydrogen-bond acceptors (Lipinski definition) is 4. The third-order valence-corrected chi connectivity index (χ3v) is 1.87. The first-order chi connectivity index (χ1) is 7.11. The minimum absolute atomic E-state index is 0.118. The molecule has 0 spiro atoms. The van der Waals surface area contributed by atoms with Crippen LogP contribution in [-0.4, -0.2) is 16.1 Å². The molecule has 4 heteroatoms. The Bertz CT molecular complexity index is 340. The van der Waals surface area contributed by atoms with Gasteiger partial charge in [0, 0.05) is 0 Å². The maximum atomic E-state index is 8.54. The van der Waals surface area contributed by atoms with Gasteiger partial charge >= 0.3 is 0 Å². The molecule has 0 aromatic carbocycles. The van der Waals surface area contributed by atoms with E-state index in [1.54, 1.807) is 0 Å². The molecule has 1 heterocycles. The highest BCUT2D eigenvalue weighted by molar-refractivity contribution is 5.18. The summed E-state index contributed by atoms with van der Waals surface area (Å²) in [4.78, 5) is 7.87. The fraction of sp³-hybridized carbons (Fsp3) is 0.545. The van der Waals surface area contributed by atoms with E-state index in [1.807, 2.05) is 13.0 Å². The summed E-state index contributed by atoms with van der Waals surface area (Å²) in [6.45, 7) is 6.29. The smallest absolute Gasteiger partial charge is 0.232 e. The number of nitrogens with zero attached hydrogens (tertiary/aromatic N) is 3. The molecular weight excluding hydrogens is 190 g/mol. The Morgan fingerprint density at radius 2 is 2.07 bits per heavy atom. The first kappa shape index (κ1) is 11.4. The van der Waals surface area contributed by atoms with Crippen molar-refractivity contribution in [1.29, 1.82) is 5.26 Å². The summed E-state index contributed by atoms with van der Waals surface area (Å²) in [5.74, 6) is 1.06. The van der Waals surface area contributed by atoms with Crippen molar-refractivity contribution in [1.82, 2.24) is 9.97 Å². The third kappa shape index (κ3) is 3.94. The van der Waals surface area contributed by atoms with Crippen LogP contribution in [0.5, 0.6) is 5.88 Å². The van der Waals surface area contributed by atoms with Gasteiger partial charge in [-0.1, -0.05) is 13.8 Å². The van der Waals surface area contributed by atoms with E-state index in [9.17, 15) is 0 Å². The zero-order valence-electron chi connectivity index (χ0n) is 9.27. The van der Waals surface area contributed by atoms with Crippen molar-refractivity contribution < 1.29 is 4.74 Å². The zero-order chi connectivity index (χ0) is 11.3. The Morgan fingerprint density at radius 3 is 2.53 bits per heavy atom. The van der Waals surface area contributed by atoms with Gasteiger partial charge in [-0.2, -0.15) is 5.26 Å². The standard InChI is InChI=1S/C11H15N3O/c1-8(2)4-9(3)15-11-7-13-10(5-12)6-14-11/h6-9H,4H2,1-3H3. The lowest BCUT2D eigenvalue weighted by atomic mass is 10.1. The number of rotatable bonds is 4. The summed E-state index contributed by atoms with van der Waals surface area (Å²) in [6.07, 6.45) is 3.99. The van der Waals surface area contributed by atoms with Gasteiger partial charge in [0.15, 0.2) is 5.69 Å². The first-order valence-electron chi connectivity index (χ1n) is 5.00. The molecule has 1 rings (SSSR count). The van der Waals surface area contributed by atoms with Crippen LogP contribution >= 0.6 is 0 Å². The van der Waals surface area contributed by atoms with Crippen LogP contribution in [0.25, 0.3) is 0 Å². The summed E-state index contributed by atoms with van der Waals surface area (Å²) < 4.78 is 5.54. The molecule has 4 nitrogen and oxygen atoms in total. The van der Waals surface area contributed by atoms with E-state index in [4.69, 9.17) is 10.00 Å². The highest BCUT2D eigenvalue weighted by atomic mass is 16.5. The van der Waals surface area contributed by atoms with Crippen LogP contribution in [0.4, 0.5) is 0 Å². The number of nitriles is 1. The summed E-state index contributed by atoms with van der Waals surface area (Å²) in [5.41, 5.74) is 0.305. The monoisotopic (exact) mass is 205 g/mol. The maximum Gasteiger partial charge on any atom is 0.232 e. The van der Waals surface area contributed by atoms with Gasteiger partial charge in [-0.25, -0.2) is 9.97 Å². The Morgan fingerprint density at radius 1 is 1.33 bits per heavy atom. The molecule has 0 N–H and O–H groups in total. The van der Waals surface area contributed by atoms with Crippen molar-refractivity contribution in [2.75, 3.05) is 0 Å². The Kier molecular flexibility index (Phi) is 4.04. The van der Waals surface area contributed by atoms with E-state index in [1.165, 1.54) is 12.4 Å². The second-order valence-electron chi connectivity index (χ2n) is 3.91. The molecule has 1 unspecified atom stereocenters. The molecule has 1 aromatic rings. The molecule has 0 aliphatic heterocycles. The predicted molar refractivity (Wildman–Crippen MR) is 56.3 cm³/mol. The highest BCUT2D eigenvalue weighted by Gasteiger charge is 2.07. The van der Waals surface area contributed by atoms with Crippen molar-refractivity contribution >= 4 is 0 Å². The van der Waals surface area contributed by atoms with E-state index in [0.29, 0.717) is 17.5 Å². The zero-order valence-corrected chi connectivity index (χ0v) is 9.27. The van der Waals surface area contributed by atoms with Gasteiger partial charge in [0.05, 0.1) is 18.5 Å². The molecule has 1 atom stereocenters. The van der Waals surface area contributed by atoms with Crippen LogP contribution in [0, 0.1) is 17.2 Å². The quantitative estimate of drug-likeness (QED) is 0.755. The minimum Gasteiger partial charge on any atom is -0.474 e. The Hall–Kier alpha value is -1.63. The van der Waals surface area contributed by atoms with Crippen molar-refractivity contribution in [3.8, 4) is 11.9 Å². The van der Waals surface area contributed by atoms with Gasteiger partial charge in [0.25, 0.3) is 0 Å². The molecule has 0 amide bonds. The number of hydrogen-bond donors (Lipinski definition) is 0. The predicted octanol–water partition coefficient (Wildman–Crippen LogP) is 2.16. The molecule has 0 aliphatic carbocycles. The minimum atomic E-state index is 0.118. The highest BCUT2D eigenvalue weighted by Crippen LogP contribution is 2.11. The van der Waals surface area contributed by atoms with Gasteiger partial charge < -0.3 is 4.74 Å². The molecule has 0 saturated carbocycles. The van der Waals surface area contributed by atoms with Crippen molar-refractivity contribution in [3.05, 3.63) is 18.1 Å². The summed E-state index contributed by atoms with van der Waals surface area (Å²) in [6, 6.07) is 1.91. The summed E-state index contributed by atoms with van der Waals surface area (Å²) in [7, 11) is 0. The average Bonchev–Trinajstić information content (AvgIpc) is 2.17. The van der Waals surface area contributed by atoms with Gasteiger partial charge in [0.1, 0.15) is 6.07 Å². The van der Waals surface area contributed by atoms with Gasteiger partial charge in [-0.05, 0) is 19.3 Å². The molecule has 1 aromatic heterocycles. The lowest BCUT2D eigenvalue weighted by Gasteiger charge is -2.15. The molecule has 0 saturated heterocycles. The average molecular weight is 205 g/mol. The topological polar surface area (TPSA) is 58.8 Å². The van der Waals surface area contributed by atoms with Crippen LogP contribution < -0.4 is 4.74 Å². The number of aromatic nitrogens is 2. The molecular formula is C11H15N3O. The lowest BCUT2D eigenvalue weighted by molar-refractivity contribution is 0.185. The first-order valence-corrected chi connectivity index (χ1v) is 5.00. The van der Waals surface area contributed by atoms with Gasteiger partial charge in [0.2, 0.25) is 5.88 Å². The summed E-state index contributed by atoms with van der Waals surface area (Å²) in [5, 5.41) is 8.54. The van der Waals surface area contributed by atoms with Crippen LogP contribution in [0.2, 0.25) is 0 Å². The van der Waals surface area contributed by atoms with E-state index < -0.39 is 0 Å². The van der Waals surface area contributed by atoms with E-state index in [0.717, 1.165) is 6.42 Å². The van der Waals surface area contributed by atoms with Crippen molar-refractivity contribution in [2.45, 2.75) is 33.3 Å². The molecule has 80 valence electrons. The largest absolute Gasteiger partial charge is 0.474 e. The van der Waals surface area contributed by atoms with E-state index in [-0.39, 0.29) is 6.10 Å².